The average molecular weight is 425 g/mol. The molecule has 0 radical (unpaired) electrons. The van der Waals surface area contributed by atoms with Crippen molar-refractivity contribution in [1.29, 1.82) is 0 Å². The number of hydrogen-bond donors (Lipinski definition) is 1. The normalized spacial score (nSPS) is 13.9. The number of nitrogens with zero attached hydrogens (tertiary/aromatic N) is 1. The van der Waals surface area contributed by atoms with Crippen LogP contribution in [-0.2, 0) is 9.59 Å². The van der Waals surface area contributed by atoms with Crippen LogP contribution < -0.4 is 10.2 Å². The van der Waals surface area contributed by atoms with Crippen molar-refractivity contribution in [3.05, 3.63) is 100 Å². The van der Waals surface area contributed by atoms with E-state index in [-0.39, 0.29) is 17.0 Å². The molecule has 30 heavy (non-hydrogen) atoms. The molecule has 0 spiro atoms. The summed E-state index contributed by atoms with van der Waals surface area (Å²) in [4.78, 5) is 27.3. The number of hydrogen-bond acceptors (Lipinski definition) is 3. The number of halogens is 3. The molecule has 0 fully saturated rings. The maximum absolute atomic E-state index is 13.8. The topological polar surface area (TPSA) is 49.4 Å². The van der Waals surface area contributed by atoms with Crippen molar-refractivity contribution in [2.75, 3.05) is 10.2 Å². The van der Waals surface area contributed by atoms with Gasteiger partial charge >= 0.3 is 0 Å². The molecule has 0 bridgehead atoms. The van der Waals surface area contributed by atoms with Crippen LogP contribution in [0.25, 0.3) is 5.57 Å². The van der Waals surface area contributed by atoms with Gasteiger partial charge < -0.3 is 5.32 Å². The predicted molar refractivity (Wildman–Crippen MR) is 112 cm³/mol. The minimum absolute atomic E-state index is 0.0290. The summed E-state index contributed by atoms with van der Waals surface area (Å²) in [5.41, 5.74) is 1.98. The predicted octanol–water partition coefficient (Wildman–Crippen LogP) is 5.32. The summed E-state index contributed by atoms with van der Waals surface area (Å²) < 4.78 is 27.1. The minimum atomic E-state index is -1.15. The molecule has 0 saturated carbocycles. The summed E-state index contributed by atoms with van der Waals surface area (Å²) in [6.07, 6.45) is 0. The van der Waals surface area contributed by atoms with Gasteiger partial charge in [-0.1, -0.05) is 48.0 Å². The van der Waals surface area contributed by atoms with E-state index in [4.69, 9.17) is 11.6 Å². The summed E-state index contributed by atoms with van der Waals surface area (Å²) in [7, 11) is 0. The molecule has 2 amide bonds. The van der Waals surface area contributed by atoms with Gasteiger partial charge in [0.25, 0.3) is 11.8 Å². The third-order valence-corrected chi connectivity index (χ3v) is 5.00. The fourth-order valence-corrected chi connectivity index (χ4v) is 3.41. The number of nitrogens with one attached hydrogen (secondary N) is 1. The first-order valence-electron chi connectivity index (χ1n) is 9.03. The summed E-state index contributed by atoms with van der Waals surface area (Å²) in [6, 6.07) is 16.7. The lowest BCUT2D eigenvalue weighted by Crippen LogP contribution is -2.32. The van der Waals surface area contributed by atoms with Crippen molar-refractivity contribution in [2.45, 2.75) is 6.92 Å². The largest absolute Gasteiger partial charge is 0.350 e. The summed E-state index contributed by atoms with van der Waals surface area (Å²) >= 11 is 6.08. The molecular formula is C23H15ClF2N2O2. The summed E-state index contributed by atoms with van der Waals surface area (Å²) in [5, 5.41) is 3.48. The molecule has 4 rings (SSSR count). The zero-order valence-corrected chi connectivity index (χ0v) is 16.5. The smallest absolute Gasteiger partial charge is 0.282 e. The molecule has 1 N–H and O–H groups in total. The second-order valence-corrected chi connectivity index (χ2v) is 7.18. The molecular weight excluding hydrogens is 410 g/mol. The molecule has 0 unspecified atom stereocenters. The second-order valence-electron chi connectivity index (χ2n) is 6.74. The molecule has 3 aromatic carbocycles. The van der Waals surface area contributed by atoms with Crippen LogP contribution >= 0.6 is 11.6 Å². The highest BCUT2D eigenvalue weighted by Gasteiger charge is 2.40. The highest BCUT2D eigenvalue weighted by atomic mass is 35.5. The zero-order chi connectivity index (χ0) is 21.4. The lowest BCUT2D eigenvalue weighted by molar-refractivity contribution is -0.120. The van der Waals surface area contributed by atoms with Crippen molar-refractivity contribution >= 4 is 40.4 Å². The van der Waals surface area contributed by atoms with Crippen molar-refractivity contribution in [3.8, 4) is 0 Å². The monoisotopic (exact) mass is 424 g/mol. The lowest BCUT2D eigenvalue weighted by Gasteiger charge is -2.16. The Morgan fingerprint density at radius 2 is 1.60 bits per heavy atom. The van der Waals surface area contributed by atoms with Crippen molar-refractivity contribution in [1.82, 2.24) is 0 Å². The Bertz CT molecular complexity index is 1210. The lowest BCUT2D eigenvalue weighted by atomic mass is 10.0. The molecule has 0 saturated heterocycles. The summed E-state index contributed by atoms with van der Waals surface area (Å²) in [6.45, 7) is 1.83. The molecule has 0 atom stereocenters. The quantitative estimate of drug-likeness (QED) is 0.576. The highest BCUT2D eigenvalue weighted by molar-refractivity contribution is 6.46. The van der Waals surface area contributed by atoms with E-state index in [2.05, 4.69) is 5.32 Å². The van der Waals surface area contributed by atoms with E-state index in [1.165, 1.54) is 6.07 Å². The van der Waals surface area contributed by atoms with Crippen LogP contribution in [-0.4, -0.2) is 11.8 Å². The maximum atomic E-state index is 13.8. The van der Waals surface area contributed by atoms with E-state index >= 15 is 0 Å². The first-order valence-corrected chi connectivity index (χ1v) is 9.41. The molecule has 1 aliphatic rings. The maximum Gasteiger partial charge on any atom is 0.282 e. The SMILES string of the molecule is Cc1ccc(Cl)cc1NC1=C(c2ccccc2)C(=O)N(c2ccc(F)c(F)c2)C1=O. The molecule has 4 nitrogen and oxygen atoms in total. The Labute approximate surface area is 176 Å². The van der Waals surface area contributed by atoms with Crippen LogP contribution in [0, 0.1) is 18.6 Å². The van der Waals surface area contributed by atoms with Crippen molar-refractivity contribution < 1.29 is 18.4 Å². The molecule has 1 aliphatic heterocycles. The third kappa shape index (κ3) is 3.46. The Kier molecular flexibility index (Phi) is 5.10. The standard InChI is InChI=1S/C23H15ClF2N2O2/c1-13-7-8-15(24)11-19(13)27-21-20(14-5-3-2-4-6-14)22(29)28(23(21)30)16-9-10-17(25)18(26)12-16/h2-12,27H,1H3. The van der Waals surface area contributed by atoms with E-state index in [9.17, 15) is 18.4 Å². The number of benzene rings is 3. The van der Waals surface area contributed by atoms with E-state index in [0.717, 1.165) is 22.6 Å². The molecule has 150 valence electrons. The van der Waals surface area contributed by atoms with Crippen LogP contribution in [0.4, 0.5) is 20.2 Å². The van der Waals surface area contributed by atoms with Gasteiger partial charge in [-0.2, -0.15) is 0 Å². The summed E-state index contributed by atoms with van der Waals surface area (Å²) in [5.74, 6) is -3.54. The van der Waals surface area contributed by atoms with Gasteiger partial charge in [0.2, 0.25) is 0 Å². The number of rotatable bonds is 4. The fourth-order valence-electron chi connectivity index (χ4n) is 3.24. The van der Waals surface area contributed by atoms with E-state index in [0.29, 0.717) is 16.3 Å². The van der Waals surface area contributed by atoms with Crippen LogP contribution in [0.1, 0.15) is 11.1 Å². The van der Waals surface area contributed by atoms with Gasteiger partial charge in [0.1, 0.15) is 5.70 Å². The Hall–Kier alpha value is -3.51. The first kappa shape index (κ1) is 19.8. The number of aryl methyl sites for hydroxylation is 1. The van der Waals surface area contributed by atoms with Gasteiger partial charge in [-0.05, 0) is 42.3 Å². The van der Waals surface area contributed by atoms with Crippen LogP contribution in [0.5, 0.6) is 0 Å². The van der Waals surface area contributed by atoms with Gasteiger partial charge in [0.15, 0.2) is 11.6 Å². The average Bonchev–Trinajstić information content (AvgIpc) is 2.97. The molecule has 7 heteroatoms. The zero-order valence-electron chi connectivity index (χ0n) is 15.7. The Morgan fingerprint density at radius 1 is 0.867 bits per heavy atom. The minimum Gasteiger partial charge on any atom is -0.350 e. The molecule has 3 aromatic rings. The van der Waals surface area contributed by atoms with Gasteiger partial charge in [-0.25, -0.2) is 13.7 Å². The molecule has 0 aromatic heterocycles. The Morgan fingerprint density at radius 3 is 2.30 bits per heavy atom. The third-order valence-electron chi connectivity index (χ3n) is 4.77. The van der Waals surface area contributed by atoms with E-state index in [1.54, 1.807) is 48.5 Å². The van der Waals surface area contributed by atoms with E-state index in [1.807, 2.05) is 6.92 Å². The van der Waals surface area contributed by atoms with Crippen molar-refractivity contribution in [3.63, 3.8) is 0 Å². The van der Waals surface area contributed by atoms with Gasteiger partial charge in [0, 0.05) is 16.8 Å². The van der Waals surface area contributed by atoms with Crippen molar-refractivity contribution in [2.24, 2.45) is 0 Å². The number of imide groups is 1. The number of anilines is 2. The van der Waals surface area contributed by atoms with Crippen LogP contribution in [0.2, 0.25) is 5.02 Å². The molecule has 1 heterocycles. The first-order chi connectivity index (χ1) is 14.4. The molecule has 0 aliphatic carbocycles. The number of carbonyl (C=O) groups excluding carboxylic acids is 2. The van der Waals surface area contributed by atoms with E-state index < -0.39 is 23.4 Å². The second kappa shape index (κ2) is 7.72. The van der Waals surface area contributed by atoms with Gasteiger partial charge in [-0.15, -0.1) is 0 Å². The Balaban J connectivity index is 1.84. The number of carbonyl (C=O) groups is 2. The fraction of sp³-hybridized carbons (Fsp3) is 0.0435. The van der Waals surface area contributed by atoms with Gasteiger partial charge in [-0.3, -0.25) is 9.59 Å². The number of amides is 2. The highest BCUT2D eigenvalue weighted by Crippen LogP contribution is 2.35. The van der Waals surface area contributed by atoms with Crippen LogP contribution in [0.3, 0.4) is 0 Å². The van der Waals surface area contributed by atoms with Gasteiger partial charge in [0.05, 0.1) is 11.3 Å². The van der Waals surface area contributed by atoms with Crippen LogP contribution in [0.15, 0.2) is 72.4 Å².